The minimum Gasteiger partial charge on any atom is -0.368 e. The molecule has 3 aromatic rings. The smallest absolute Gasteiger partial charge is 0.270 e. The minimum atomic E-state index is 0.0154. The molecule has 1 N–H and O–H groups in total. The summed E-state index contributed by atoms with van der Waals surface area (Å²) in [5, 5.41) is 4.30. The molecule has 2 fully saturated rings. The number of hydrogen-bond donors (Lipinski definition) is 1. The first-order valence-electron chi connectivity index (χ1n) is 11.6. The number of carbonyl (C=O) groups excluding carboxylic acids is 1. The number of pyridine rings is 1. The quantitative estimate of drug-likeness (QED) is 0.666. The highest BCUT2D eigenvalue weighted by molar-refractivity contribution is 5.97. The second-order valence-electron chi connectivity index (χ2n) is 9.02. The SMILES string of the molecule is CN(C)C(=O)c1cc2cnc(Cc3ccc(N4CCNCC4)cn3)nc2n1C1CCCC1. The molecule has 0 radical (unpaired) electrons. The number of nitrogens with one attached hydrogen (secondary N) is 1. The molecule has 0 aromatic carbocycles. The molecule has 168 valence electrons. The molecule has 4 heterocycles. The van der Waals surface area contributed by atoms with Crippen molar-refractivity contribution in [2.75, 3.05) is 45.2 Å². The van der Waals surface area contributed by atoms with Crippen molar-refractivity contribution in [2.24, 2.45) is 0 Å². The van der Waals surface area contributed by atoms with Crippen LogP contribution >= 0.6 is 0 Å². The van der Waals surface area contributed by atoms with E-state index in [2.05, 4.69) is 36.9 Å². The van der Waals surface area contributed by atoms with Gasteiger partial charge >= 0.3 is 0 Å². The van der Waals surface area contributed by atoms with Gasteiger partial charge in [0.05, 0.1) is 18.3 Å². The Bertz CT molecular complexity index is 1090. The van der Waals surface area contributed by atoms with Gasteiger partial charge in [-0.2, -0.15) is 0 Å². The van der Waals surface area contributed by atoms with E-state index in [1.165, 1.54) is 12.8 Å². The molecule has 1 aliphatic heterocycles. The summed E-state index contributed by atoms with van der Waals surface area (Å²) >= 11 is 0. The maximum atomic E-state index is 12.9. The molecule has 8 heteroatoms. The van der Waals surface area contributed by atoms with Crippen LogP contribution in [0.4, 0.5) is 5.69 Å². The van der Waals surface area contributed by atoms with E-state index >= 15 is 0 Å². The van der Waals surface area contributed by atoms with Crippen molar-refractivity contribution in [1.82, 2.24) is 29.7 Å². The molecule has 1 saturated heterocycles. The summed E-state index contributed by atoms with van der Waals surface area (Å²) in [5.41, 5.74) is 3.69. The monoisotopic (exact) mass is 433 g/mol. The number of amides is 1. The van der Waals surface area contributed by atoms with Gasteiger partial charge in [0.2, 0.25) is 0 Å². The van der Waals surface area contributed by atoms with Gasteiger partial charge in [-0.3, -0.25) is 9.78 Å². The Morgan fingerprint density at radius 3 is 2.59 bits per heavy atom. The van der Waals surface area contributed by atoms with Crippen LogP contribution in [0.5, 0.6) is 0 Å². The van der Waals surface area contributed by atoms with Crippen LogP contribution in [0.25, 0.3) is 11.0 Å². The predicted molar refractivity (Wildman–Crippen MR) is 125 cm³/mol. The van der Waals surface area contributed by atoms with Crippen molar-refractivity contribution < 1.29 is 4.79 Å². The van der Waals surface area contributed by atoms with E-state index in [0.29, 0.717) is 18.2 Å². The zero-order valence-corrected chi connectivity index (χ0v) is 18.9. The van der Waals surface area contributed by atoms with Gasteiger partial charge in [0.1, 0.15) is 17.2 Å². The largest absolute Gasteiger partial charge is 0.368 e. The molecule has 0 spiro atoms. The topological polar surface area (TPSA) is 79.2 Å². The average molecular weight is 434 g/mol. The summed E-state index contributed by atoms with van der Waals surface area (Å²) in [6.45, 7) is 4.03. The summed E-state index contributed by atoms with van der Waals surface area (Å²) in [7, 11) is 3.59. The number of piperazine rings is 1. The maximum Gasteiger partial charge on any atom is 0.270 e. The highest BCUT2D eigenvalue weighted by Crippen LogP contribution is 2.34. The molecule has 3 aromatic heterocycles. The summed E-state index contributed by atoms with van der Waals surface area (Å²) in [6, 6.07) is 6.48. The third-order valence-electron chi connectivity index (χ3n) is 6.57. The van der Waals surface area contributed by atoms with Crippen LogP contribution in [0.15, 0.2) is 30.6 Å². The van der Waals surface area contributed by atoms with Crippen LogP contribution in [-0.4, -0.2) is 70.6 Å². The Hall–Kier alpha value is -3.00. The zero-order valence-electron chi connectivity index (χ0n) is 18.9. The molecule has 0 unspecified atom stereocenters. The lowest BCUT2D eigenvalue weighted by Gasteiger charge is -2.29. The molecule has 1 saturated carbocycles. The summed E-state index contributed by atoms with van der Waals surface area (Å²) in [6.07, 6.45) is 8.95. The first kappa shape index (κ1) is 20.9. The maximum absolute atomic E-state index is 12.9. The summed E-state index contributed by atoms with van der Waals surface area (Å²) in [4.78, 5) is 31.0. The molecule has 1 aliphatic carbocycles. The Labute approximate surface area is 188 Å². The Morgan fingerprint density at radius 2 is 1.91 bits per heavy atom. The Morgan fingerprint density at radius 1 is 1.12 bits per heavy atom. The molecule has 8 nitrogen and oxygen atoms in total. The third kappa shape index (κ3) is 4.07. The fraction of sp³-hybridized carbons (Fsp3) is 0.500. The highest BCUT2D eigenvalue weighted by atomic mass is 16.2. The molecule has 1 amide bonds. The fourth-order valence-corrected chi connectivity index (χ4v) is 4.85. The van der Waals surface area contributed by atoms with E-state index in [9.17, 15) is 4.79 Å². The number of rotatable bonds is 5. The van der Waals surface area contributed by atoms with Crippen LogP contribution in [0.2, 0.25) is 0 Å². The average Bonchev–Trinajstić information content (AvgIpc) is 3.47. The van der Waals surface area contributed by atoms with Crippen LogP contribution in [0, 0.1) is 0 Å². The third-order valence-corrected chi connectivity index (χ3v) is 6.57. The van der Waals surface area contributed by atoms with Gasteiger partial charge in [0.25, 0.3) is 5.91 Å². The second-order valence-corrected chi connectivity index (χ2v) is 9.02. The fourth-order valence-electron chi connectivity index (χ4n) is 4.85. The van der Waals surface area contributed by atoms with Gasteiger partial charge in [-0.05, 0) is 31.0 Å². The van der Waals surface area contributed by atoms with Crippen LogP contribution in [0.1, 0.15) is 53.7 Å². The van der Waals surface area contributed by atoms with Crippen molar-refractivity contribution in [2.45, 2.75) is 38.1 Å². The van der Waals surface area contributed by atoms with Gasteiger partial charge in [-0.25, -0.2) is 9.97 Å². The van der Waals surface area contributed by atoms with Crippen molar-refractivity contribution in [3.63, 3.8) is 0 Å². The zero-order chi connectivity index (χ0) is 22.1. The Kier molecular flexibility index (Phi) is 5.78. The Balaban J connectivity index is 1.43. The number of fused-ring (bicyclic) bond motifs is 1. The number of carbonyl (C=O) groups is 1. The standard InChI is InChI=1S/C24H31N7O/c1-29(2)24(32)21-13-17-15-27-22(28-23(17)31(21)19-5-3-4-6-19)14-18-7-8-20(16-26-18)30-11-9-25-10-12-30/h7-8,13,15-16,19,25H,3-6,9-12,14H2,1-2H3. The van der Waals surface area contributed by atoms with E-state index in [4.69, 9.17) is 4.98 Å². The van der Waals surface area contributed by atoms with Crippen molar-refractivity contribution in [3.8, 4) is 0 Å². The number of aromatic nitrogens is 4. The van der Waals surface area contributed by atoms with E-state index in [-0.39, 0.29) is 5.91 Å². The van der Waals surface area contributed by atoms with Gasteiger partial charge in [0, 0.05) is 63.6 Å². The predicted octanol–water partition coefficient (Wildman–Crippen LogP) is 2.64. The van der Waals surface area contributed by atoms with Crippen molar-refractivity contribution in [1.29, 1.82) is 0 Å². The molecule has 2 aliphatic rings. The molecule has 0 bridgehead atoms. The molecule has 0 atom stereocenters. The normalized spacial score (nSPS) is 17.2. The lowest BCUT2D eigenvalue weighted by Crippen LogP contribution is -2.43. The molecular weight excluding hydrogens is 402 g/mol. The van der Waals surface area contributed by atoms with Crippen LogP contribution in [0.3, 0.4) is 0 Å². The van der Waals surface area contributed by atoms with Gasteiger partial charge in [-0.1, -0.05) is 12.8 Å². The second kappa shape index (κ2) is 8.86. The van der Waals surface area contributed by atoms with Gasteiger partial charge < -0.3 is 19.7 Å². The summed E-state index contributed by atoms with van der Waals surface area (Å²) in [5.74, 6) is 0.753. The molecule has 32 heavy (non-hydrogen) atoms. The first-order chi connectivity index (χ1) is 15.6. The first-order valence-corrected chi connectivity index (χ1v) is 11.6. The van der Waals surface area contributed by atoms with Gasteiger partial charge in [0.15, 0.2) is 0 Å². The lowest BCUT2D eigenvalue weighted by molar-refractivity contribution is 0.0815. The van der Waals surface area contributed by atoms with Crippen molar-refractivity contribution >= 4 is 22.6 Å². The van der Waals surface area contributed by atoms with Gasteiger partial charge in [-0.15, -0.1) is 0 Å². The molecule has 5 rings (SSSR count). The number of hydrogen-bond acceptors (Lipinski definition) is 6. The van der Waals surface area contributed by atoms with E-state index < -0.39 is 0 Å². The number of anilines is 1. The lowest BCUT2D eigenvalue weighted by atomic mass is 10.2. The summed E-state index contributed by atoms with van der Waals surface area (Å²) < 4.78 is 2.16. The van der Waals surface area contributed by atoms with Crippen LogP contribution in [-0.2, 0) is 6.42 Å². The van der Waals surface area contributed by atoms with Crippen molar-refractivity contribution in [3.05, 3.63) is 47.8 Å². The molecular formula is C24H31N7O. The minimum absolute atomic E-state index is 0.0154. The highest BCUT2D eigenvalue weighted by Gasteiger charge is 2.26. The van der Waals surface area contributed by atoms with E-state index in [0.717, 1.165) is 67.3 Å². The van der Waals surface area contributed by atoms with E-state index in [1.807, 2.05) is 18.5 Å². The number of nitrogens with zero attached hydrogens (tertiary/aromatic N) is 6. The van der Waals surface area contributed by atoms with E-state index in [1.54, 1.807) is 19.0 Å². The van der Waals surface area contributed by atoms with Crippen LogP contribution < -0.4 is 10.2 Å².